The Kier molecular flexibility index (Phi) is 2.89. The summed E-state index contributed by atoms with van der Waals surface area (Å²) in [5, 5.41) is 7.16. The molecule has 2 nitrogen and oxygen atoms in total. The summed E-state index contributed by atoms with van der Waals surface area (Å²) in [6, 6.07) is 7.61. The van der Waals surface area contributed by atoms with Crippen LogP contribution in [0.5, 0.6) is 0 Å². The van der Waals surface area contributed by atoms with E-state index < -0.39 is 0 Å². The Bertz CT molecular complexity index is 378. The third kappa shape index (κ3) is 2.35. The molecule has 2 fully saturated rings. The Hall–Kier alpha value is -0.930. The molecule has 0 aromatic heterocycles. The highest BCUT2D eigenvalue weighted by Gasteiger charge is 2.45. The molecule has 0 spiro atoms. The van der Waals surface area contributed by atoms with E-state index in [0.29, 0.717) is 6.04 Å². The summed E-state index contributed by atoms with van der Waals surface area (Å²) in [6.07, 6.45) is 4.76. The van der Waals surface area contributed by atoms with Crippen LogP contribution < -0.4 is 10.6 Å². The minimum absolute atomic E-state index is 0.147. The summed E-state index contributed by atoms with van der Waals surface area (Å²) in [5.41, 5.74) is 1.40. The lowest BCUT2D eigenvalue weighted by molar-refractivity contribution is 0.339. The molecule has 3 heteroatoms. The van der Waals surface area contributed by atoms with Crippen molar-refractivity contribution in [2.24, 2.45) is 0 Å². The second-order valence-electron chi connectivity index (χ2n) is 5.26. The molecule has 92 valence electrons. The highest BCUT2D eigenvalue weighted by molar-refractivity contribution is 5.30. The zero-order chi connectivity index (χ0) is 11.7. The molecule has 1 aliphatic carbocycles. The standard InChI is InChI=1S/C14H19FN2/c15-12-3-1-11(2-4-12)14(7-8-14)17-13-5-9-16-10-6-13/h1-4,13,16-17H,5-10H2. The van der Waals surface area contributed by atoms with Gasteiger partial charge in [-0.3, -0.25) is 0 Å². The average molecular weight is 234 g/mol. The van der Waals surface area contributed by atoms with Gasteiger partial charge < -0.3 is 10.6 Å². The molecular formula is C14H19FN2. The molecule has 1 saturated carbocycles. The maximum atomic E-state index is 12.9. The second kappa shape index (κ2) is 4.39. The number of halogens is 1. The maximum absolute atomic E-state index is 12.9. The molecule has 1 saturated heterocycles. The first kappa shape index (κ1) is 11.2. The highest BCUT2D eigenvalue weighted by atomic mass is 19.1. The van der Waals surface area contributed by atoms with Crippen LogP contribution in [0, 0.1) is 5.82 Å². The summed E-state index contributed by atoms with van der Waals surface area (Å²) < 4.78 is 12.9. The van der Waals surface area contributed by atoms with E-state index >= 15 is 0 Å². The Morgan fingerprint density at radius 3 is 2.35 bits per heavy atom. The van der Waals surface area contributed by atoms with Crippen LogP contribution in [0.15, 0.2) is 24.3 Å². The van der Waals surface area contributed by atoms with Crippen molar-refractivity contribution in [2.45, 2.75) is 37.3 Å². The van der Waals surface area contributed by atoms with Crippen LogP contribution >= 0.6 is 0 Å². The fourth-order valence-corrected chi connectivity index (χ4v) is 2.77. The molecule has 1 heterocycles. The molecule has 0 amide bonds. The summed E-state index contributed by atoms with van der Waals surface area (Å²) in [5.74, 6) is -0.147. The van der Waals surface area contributed by atoms with Crippen LogP contribution in [-0.4, -0.2) is 19.1 Å². The number of hydrogen-bond donors (Lipinski definition) is 2. The lowest BCUT2D eigenvalue weighted by Gasteiger charge is -2.29. The van der Waals surface area contributed by atoms with E-state index in [-0.39, 0.29) is 11.4 Å². The van der Waals surface area contributed by atoms with Crippen LogP contribution in [0.2, 0.25) is 0 Å². The zero-order valence-corrected chi connectivity index (χ0v) is 10.0. The van der Waals surface area contributed by atoms with Crippen molar-refractivity contribution < 1.29 is 4.39 Å². The SMILES string of the molecule is Fc1ccc(C2(NC3CCNCC3)CC2)cc1. The van der Waals surface area contributed by atoms with Gasteiger partial charge in [0.2, 0.25) is 0 Å². The Morgan fingerprint density at radius 2 is 1.76 bits per heavy atom. The molecule has 1 aromatic rings. The number of hydrogen-bond acceptors (Lipinski definition) is 2. The minimum atomic E-state index is -0.147. The summed E-state index contributed by atoms with van der Waals surface area (Å²) in [4.78, 5) is 0. The van der Waals surface area contributed by atoms with Gasteiger partial charge in [-0.1, -0.05) is 12.1 Å². The normalized spacial score (nSPS) is 23.6. The third-order valence-electron chi connectivity index (χ3n) is 3.97. The predicted octanol–water partition coefficient (Wildman–Crippen LogP) is 2.16. The fourth-order valence-electron chi connectivity index (χ4n) is 2.77. The van der Waals surface area contributed by atoms with Gasteiger partial charge in [0.05, 0.1) is 0 Å². The van der Waals surface area contributed by atoms with Gasteiger partial charge in [0.1, 0.15) is 5.82 Å². The Morgan fingerprint density at radius 1 is 1.12 bits per heavy atom. The van der Waals surface area contributed by atoms with Gasteiger partial charge in [-0.15, -0.1) is 0 Å². The monoisotopic (exact) mass is 234 g/mol. The van der Waals surface area contributed by atoms with E-state index in [2.05, 4.69) is 10.6 Å². The summed E-state index contributed by atoms with van der Waals surface area (Å²) >= 11 is 0. The van der Waals surface area contributed by atoms with Gasteiger partial charge in [-0.05, 0) is 56.5 Å². The van der Waals surface area contributed by atoms with Crippen LogP contribution in [0.25, 0.3) is 0 Å². The lowest BCUT2D eigenvalue weighted by Crippen LogP contribution is -2.44. The van der Waals surface area contributed by atoms with Crippen molar-refractivity contribution in [1.82, 2.24) is 10.6 Å². The minimum Gasteiger partial charge on any atom is -0.317 e. The van der Waals surface area contributed by atoms with Crippen molar-refractivity contribution in [2.75, 3.05) is 13.1 Å². The van der Waals surface area contributed by atoms with Crippen molar-refractivity contribution in [1.29, 1.82) is 0 Å². The number of rotatable bonds is 3. The zero-order valence-electron chi connectivity index (χ0n) is 10.0. The lowest BCUT2D eigenvalue weighted by atomic mass is 10.00. The quantitative estimate of drug-likeness (QED) is 0.837. The number of piperidine rings is 1. The van der Waals surface area contributed by atoms with E-state index in [0.717, 1.165) is 13.1 Å². The first-order valence-electron chi connectivity index (χ1n) is 6.53. The predicted molar refractivity (Wildman–Crippen MR) is 66.3 cm³/mol. The fraction of sp³-hybridized carbons (Fsp3) is 0.571. The van der Waals surface area contributed by atoms with Crippen molar-refractivity contribution in [3.05, 3.63) is 35.6 Å². The molecule has 1 aromatic carbocycles. The molecule has 2 aliphatic rings. The summed E-state index contributed by atoms with van der Waals surface area (Å²) in [6.45, 7) is 2.22. The van der Waals surface area contributed by atoms with Crippen molar-refractivity contribution in [3.8, 4) is 0 Å². The topological polar surface area (TPSA) is 24.1 Å². The van der Waals surface area contributed by atoms with Gasteiger partial charge in [0, 0.05) is 11.6 Å². The molecule has 0 atom stereocenters. The van der Waals surface area contributed by atoms with E-state index in [1.165, 1.54) is 31.2 Å². The van der Waals surface area contributed by atoms with Crippen LogP contribution in [0.1, 0.15) is 31.2 Å². The van der Waals surface area contributed by atoms with Crippen molar-refractivity contribution >= 4 is 0 Å². The van der Waals surface area contributed by atoms with Crippen molar-refractivity contribution in [3.63, 3.8) is 0 Å². The number of nitrogens with one attached hydrogen (secondary N) is 2. The smallest absolute Gasteiger partial charge is 0.123 e. The summed E-state index contributed by atoms with van der Waals surface area (Å²) in [7, 11) is 0. The molecule has 0 radical (unpaired) electrons. The molecule has 3 rings (SSSR count). The Balaban J connectivity index is 1.70. The van der Waals surface area contributed by atoms with Crippen LogP contribution in [0.3, 0.4) is 0 Å². The first-order valence-corrected chi connectivity index (χ1v) is 6.53. The average Bonchev–Trinajstić information content (AvgIpc) is 3.12. The van der Waals surface area contributed by atoms with Gasteiger partial charge in [-0.25, -0.2) is 4.39 Å². The van der Waals surface area contributed by atoms with Gasteiger partial charge in [0.15, 0.2) is 0 Å². The Labute approximate surface area is 102 Å². The third-order valence-corrected chi connectivity index (χ3v) is 3.97. The van der Waals surface area contributed by atoms with E-state index in [4.69, 9.17) is 0 Å². The number of benzene rings is 1. The maximum Gasteiger partial charge on any atom is 0.123 e. The highest BCUT2D eigenvalue weighted by Crippen LogP contribution is 2.46. The van der Waals surface area contributed by atoms with E-state index in [1.807, 2.05) is 12.1 Å². The molecule has 0 unspecified atom stereocenters. The molecule has 2 N–H and O–H groups in total. The largest absolute Gasteiger partial charge is 0.317 e. The van der Waals surface area contributed by atoms with E-state index in [1.54, 1.807) is 12.1 Å². The first-order chi connectivity index (χ1) is 8.28. The molecule has 17 heavy (non-hydrogen) atoms. The van der Waals surface area contributed by atoms with Gasteiger partial charge in [-0.2, -0.15) is 0 Å². The molecular weight excluding hydrogens is 215 g/mol. The van der Waals surface area contributed by atoms with Crippen LogP contribution in [0.4, 0.5) is 4.39 Å². The van der Waals surface area contributed by atoms with E-state index in [9.17, 15) is 4.39 Å². The van der Waals surface area contributed by atoms with Crippen LogP contribution in [-0.2, 0) is 5.54 Å². The molecule has 0 bridgehead atoms. The molecule has 1 aliphatic heterocycles. The van der Waals surface area contributed by atoms with Gasteiger partial charge >= 0.3 is 0 Å². The van der Waals surface area contributed by atoms with Gasteiger partial charge in [0.25, 0.3) is 0 Å². The second-order valence-corrected chi connectivity index (χ2v) is 5.26.